The minimum atomic E-state index is 0.0798. The van der Waals surface area contributed by atoms with Gasteiger partial charge in [-0.25, -0.2) is 0 Å². The number of fused-ring (bicyclic) bond motifs is 3. The standard InChI is InChI=1S/C50H42N2/c1-50(2,3)40-28-34-45(35-29-40)52(49-36-39-14-10-11-19-46(39)47-20-12-13-21-48(47)49)44-32-26-38(27-33-44)23-22-37-24-30-43(31-25-37)51(41-15-6-4-7-16-41)42-17-8-5-9-18-42/h4-36H,1-3H3/b23-22+. The van der Waals surface area contributed by atoms with E-state index < -0.39 is 0 Å². The molecule has 0 saturated carbocycles. The van der Waals surface area contributed by atoms with Gasteiger partial charge in [0.2, 0.25) is 0 Å². The van der Waals surface area contributed by atoms with E-state index in [2.05, 4.69) is 231 Å². The molecule has 0 atom stereocenters. The Kier molecular flexibility index (Phi) is 8.89. The number of rotatable bonds is 8. The lowest BCUT2D eigenvalue weighted by Crippen LogP contribution is -2.13. The normalized spacial score (nSPS) is 11.7. The molecule has 0 aliphatic carbocycles. The van der Waals surface area contributed by atoms with E-state index in [1.165, 1.54) is 32.8 Å². The number of para-hydroxylation sites is 2. The third kappa shape index (κ3) is 6.72. The van der Waals surface area contributed by atoms with Gasteiger partial charge in [0, 0.05) is 33.8 Å². The van der Waals surface area contributed by atoms with Gasteiger partial charge in [0.05, 0.1) is 5.69 Å². The summed E-state index contributed by atoms with van der Waals surface area (Å²) in [6.07, 6.45) is 4.38. The van der Waals surface area contributed by atoms with Crippen molar-refractivity contribution in [3.8, 4) is 0 Å². The molecule has 0 aromatic heterocycles. The van der Waals surface area contributed by atoms with E-state index in [1.54, 1.807) is 0 Å². The molecule has 8 rings (SSSR count). The Morgan fingerprint density at radius 3 is 1.29 bits per heavy atom. The molecule has 2 heteroatoms. The molecule has 252 valence electrons. The highest BCUT2D eigenvalue weighted by Gasteiger charge is 2.19. The van der Waals surface area contributed by atoms with E-state index in [0.29, 0.717) is 0 Å². The maximum atomic E-state index is 2.40. The molecule has 0 radical (unpaired) electrons. The van der Waals surface area contributed by atoms with Crippen molar-refractivity contribution >= 4 is 67.8 Å². The fraction of sp³-hybridized carbons (Fsp3) is 0.0800. The summed E-state index contributed by atoms with van der Waals surface area (Å²) in [5, 5.41) is 4.99. The minimum Gasteiger partial charge on any atom is -0.311 e. The Labute approximate surface area is 307 Å². The van der Waals surface area contributed by atoms with Crippen LogP contribution >= 0.6 is 0 Å². The molecule has 8 aromatic rings. The molecule has 0 heterocycles. The summed E-state index contributed by atoms with van der Waals surface area (Å²) in [5.41, 5.74) is 10.5. The highest BCUT2D eigenvalue weighted by Crippen LogP contribution is 2.42. The predicted molar refractivity (Wildman–Crippen MR) is 225 cm³/mol. The highest BCUT2D eigenvalue weighted by molar-refractivity contribution is 6.14. The van der Waals surface area contributed by atoms with Crippen LogP contribution in [-0.2, 0) is 5.41 Å². The lowest BCUT2D eigenvalue weighted by molar-refractivity contribution is 0.590. The maximum Gasteiger partial charge on any atom is 0.0546 e. The molecule has 0 aliphatic rings. The van der Waals surface area contributed by atoms with Gasteiger partial charge in [-0.15, -0.1) is 0 Å². The van der Waals surface area contributed by atoms with Gasteiger partial charge in [0.1, 0.15) is 0 Å². The maximum absolute atomic E-state index is 2.40. The molecule has 0 N–H and O–H groups in total. The fourth-order valence-electron chi connectivity index (χ4n) is 7.02. The van der Waals surface area contributed by atoms with Gasteiger partial charge in [0.15, 0.2) is 0 Å². The third-order valence-corrected chi connectivity index (χ3v) is 9.78. The van der Waals surface area contributed by atoms with Crippen LogP contribution < -0.4 is 9.80 Å². The van der Waals surface area contributed by atoms with E-state index in [-0.39, 0.29) is 5.41 Å². The van der Waals surface area contributed by atoms with Crippen LogP contribution in [-0.4, -0.2) is 0 Å². The summed E-state index contributed by atoms with van der Waals surface area (Å²) in [6, 6.07) is 67.6. The summed E-state index contributed by atoms with van der Waals surface area (Å²) in [7, 11) is 0. The van der Waals surface area contributed by atoms with Crippen LogP contribution in [0.5, 0.6) is 0 Å². The molecule has 0 saturated heterocycles. The molecular formula is C50H42N2. The second-order valence-electron chi connectivity index (χ2n) is 14.3. The van der Waals surface area contributed by atoms with Crippen LogP contribution in [0.25, 0.3) is 33.7 Å². The van der Waals surface area contributed by atoms with Gasteiger partial charge in [-0.1, -0.05) is 154 Å². The van der Waals surface area contributed by atoms with Crippen molar-refractivity contribution in [2.75, 3.05) is 9.80 Å². The van der Waals surface area contributed by atoms with Crippen molar-refractivity contribution in [1.82, 2.24) is 0 Å². The van der Waals surface area contributed by atoms with Crippen molar-refractivity contribution in [1.29, 1.82) is 0 Å². The summed E-state index contributed by atoms with van der Waals surface area (Å²) < 4.78 is 0. The Balaban J connectivity index is 1.12. The van der Waals surface area contributed by atoms with Crippen molar-refractivity contribution in [3.63, 3.8) is 0 Å². The number of benzene rings is 8. The monoisotopic (exact) mass is 670 g/mol. The number of nitrogens with zero attached hydrogens (tertiary/aromatic N) is 2. The number of hydrogen-bond donors (Lipinski definition) is 0. The average molecular weight is 671 g/mol. The molecule has 0 spiro atoms. The Morgan fingerprint density at radius 1 is 0.365 bits per heavy atom. The SMILES string of the molecule is CC(C)(C)c1ccc(N(c2ccc(/C=C/c3ccc(N(c4ccccc4)c4ccccc4)cc3)cc2)c2cc3ccccc3c3ccccc23)cc1. The zero-order valence-corrected chi connectivity index (χ0v) is 29.9. The molecule has 0 bridgehead atoms. The number of anilines is 6. The van der Waals surface area contributed by atoms with E-state index in [1.807, 2.05) is 0 Å². The molecule has 0 unspecified atom stereocenters. The first-order chi connectivity index (χ1) is 25.4. The molecule has 52 heavy (non-hydrogen) atoms. The van der Waals surface area contributed by atoms with E-state index in [4.69, 9.17) is 0 Å². The first-order valence-electron chi connectivity index (χ1n) is 18.0. The van der Waals surface area contributed by atoms with Crippen LogP contribution in [0.1, 0.15) is 37.5 Å². The molecule has 2 nitrogen and oxygen atoms in total. The molecule has 0 amide bonds. The molecule has 0 fully saturated rings. The predicted octanol–water partition coefficient (Wildman–Crippen LogP) is 14.4. The zero-order chi connectivity index (χ0) is 35.5. The largest absolute Gasteiger partial charge is 0.311 e. The lowest BCUT2D eigenvalue weighted by atomic mass is 9.87. The summed E-state index contributed by atoms with van der Waals surface area (Å²) in [5.74, 6) is 0. The first-order valence-corrected chi connectivity index (χ1v) is 18.0. The van der Waals surface area contributed by atoms with E-state index in [0.717, 1.165) is 39.6 Å². The third-order valence-electron chi connectivity index (χ3n) is 9.78. The van der Waals surface area contributed by atoms with Gasteiger partial charge in [0.25, 0.3) is 0 Å². The molecule has 0 aliphatic heterocycles. The van der Waals surface area contributed by atoms with Gasteiger partial charge in [-0.2, -0.15) is 0 Å². The van der Waals surface area contributed by atoms with Gasteiger partial charge < -0.3 is 9.80 Å². The van der Waals surface area contributed by atoms with E-state index >= 15 is 0 Å². The zero-order valence-electron chi connectivity index (χ0n) is 29.9. The Bertz CT molecular complexity index is 2420. The Hall–Kier alpha value is -6.38. The summed E-state index contributed by atoms with van der Waals surface area (Å²) in [6.45, 7) is 6.80. The molecule has 8 aromatic carbocycles. The van der Waals surface area contributed by atoms with Crippen LogP contribution in [0.3, 0.4) is 0 Å². The Morgan fingerprint density at radius 2 is 0.769 bits per heavy atom. The van der Waals surface area contributed by atoms with Crippen LogP contribution in [0.2, 0.25) is 0 Å². The van der Waals surface area contributed by atoms with Gasteiger partial charge in [-0.3, -0.25) is 0 Å². The highest BCUT2D eigenvalue weighted by atomic mass is 15.1. The second kappa shape index (κ2) is 14.1. The first kappa shape index (κ1) is 32.8. The van der Waals surface area contributed by atoms with Crippen LogP contribution in [0, 0.1) is 0 Å². The van der Waals surface area contributed by atoms with Crippen LogP contribution in [0.15, 0.2) is 188 Å². The lowest BCUT2D eigenvalue weighted by Gasteiger charge is -2.28. The second-order valence-corrected chi connectivity index (χ2v) is 14.3. The minimum absolute atomic E-state index is 0.0798. The quantitative estimate of drug-likeness (QED) is 0.117. The molecular weight excluding hydrogens is 629 g/mol. The summed E-state index contributed by atoms with van der Waals surface area (Å²) >= 11 is 0. The van der Waals surface area contributed by atoms with Gasteiger partial charge in [-0.05, 0) is 105 Å². The summed E-state index contributed by atoms with van der Waals surface area (Å²) in [4.78, 5) is 4.69. The topological polar surface area (TPSA) is 6.48 Å². The van der Waals surface area contributed by atoms with Crippen LogP contribution in [0.4, 0.5) is 34.1 Å². The van der Waals surface area contributed by atoms with E-state index in [9.17, 15) is 0 Å². The van der Waals surface area contributed by atoms with Crippen molar-refractivity contribution < 1.29 is 0 Å². The smallest absolute Gasteiger partial charge is 0.0546 e. The van der Waals surface area contributed by atoms with Crippen molar-refractivity contribution in [2.45, 2.75) is 26.2 Å². The van der Waals surface area contributed by atoms with Crippen molar-refractivity contribution in [3.05, 3.63) is 205 Å². The fourth-order valence-corrected chi connectivity index (χ4v) is 7.02. The van der Waals surface area contributed by atoms with Crippen molar-refractivity contribution in [2.24, 2.45) is 0 Å². The average Bonchev–Trinajstić information content (AvgIpc) is 3.19. The van der Waals surface area contributed by atoms with Gasteiger partial charge >= 0.3 is 0 Å². The number of hydrogen-bond acceptors (Lipinski definition) is 2.